The van der Waals surface area contributed by atoms with Gasteiger partial charge < -0.3 is 9.80 Å². The molecule has 3 aliphatic heterocycles. The molecule has 3 atom stereocenters. The maximum Gasteiger partial charge on any atom is 0.241 e. The van der Waals surface area contributed by atoms with Crippen LogP contribution in [0.4, 0.5) is 22.7 Å². The van der Waals surface area contributed by atoms with Crippen molar-refractivity contribution in [3.63, 3.8) is 0 Å². The largest absolute Gasteiger partial charge is 0.334 e. The quantitative estimate of drug-likeness (QED) is 0.116. The van der Waals surface area contributed by atoms with Crippen molar-refractivity contribution in [1.82, 2.24) is 0 Å². The second kappa shape index (κ2) is 21.3. The Morgan fingerprint density at radius 1 is 0.415 bits per heavy atom. The zero-order valence-electron chi connectivity index (χ0n) is 59.5. The van der Waals surface area contributed by atoms with Crippen LogP contribution in [0, 0.1) is 0 Å². The number of hydrogen-bond acceptors (Lipinski definition) is 2. The molecule has 6 aliphatic rings. The Balaban J connectivity index is 1.06. The first-order chi connectivity index (χ1) is 44.4. The fraction of sp³-hybridized carbons (Fsp3) is 0.333. The van der Waals surface area contributed by atoms with Crippen molar-refractivity contribution in [3.8, 4) is 11.1 Å². The highest BCUT2D eigenvalue weighted by atomic mass is 28.3. The van der Waals surface area contributed by atoms with Gasteiger partial charge in [-0.25, -0.2) is 0 Å². The van der Waals surface area contributed by atoms with Gasteiger partial charge in [0.15, 0.2) is 0 Å². The second-order valence-electron chi connectivity index (χ2n) is 34.5. The third kappa shape index (κ3) is 9.43. The molecule has 3 aliphatic carbocycles. The molecule has 0 saturated heterocycles. The number of fused-ring (bicyclic) bond motifs is 9. The Kier molecular flexibility index (Phi) is 14.1. The topological polar surface area (TPSA) is 6.48 Å². The minimum Gasteiger partial charge on any atom is -0.334 e. The van der Waals surface area contributed by atoms with E-state index in [-0.39, 0.29) is 50.2 Å². The summed E-state index contributed by atoms with van der Waals surface area (Å²) in [5.74, 6) is 0. The van der Waals surface area contributed by atoms with E-state index in [1.807, 2.05) is 0 Å². The van der Waals surface area contributed by atoms with Gasteiger partial charge in [-0.3, -0.25) is 0 Å². The van der Waals surface area contributed by atoms with E-state index in [4.69, 9.17) is 0 Å². The zero-order chi connectivity index (χ0) is 66.2. The molecule has 1 fully saturated rings. The van der Waals surface area contributed by atoms with Crippen LogP contribution in [0.2, 0.25) is 0 Å². The highest BCUT2D eigenvalue weighted by molar-refractivity contribution is 6.96. The van der Waals surface area contributed by atoms with E-state index in [1.54, 1.807) is 0 Å². The lowest BCUT2D eigenvalue weighted by molar-refractivity contribution is 0.195. The van der Waals surface area contributed by atoms with E-state index in [0.717, 1.165) is 12.8 Å². The number of benzene rings is 9. The molecule has 1 saturated carbocycles. The van der Waals surface area contributed by atoms with Crippen molar-refractivity contribution in [2.45, 2.75) is 194 Å². The van der Waals surface area contributed by atoms with Gasteiger partial charge in [0, 0.05) is 50.3 Å². The summed E-state index contributed by atoms with van der Waals surface area (Å²) in [5.41, 5.74) is 30.2. The fourth-order valence-electron chi connectivity index (χ4n) is 18.3. The molecule has 474 valence electrons. The smallest absolute Gasteiger partial charge is 0.241 e. The van der Waals surface area contributed by atoms with Crippen molar-refractivity contribution in [2.24, 2.45) is 0 Å². The monoisotopic (exact) mass is 1240 g/mol. The first-order valence-electron chi connectivity index (χ1n) is 35.3. The van der Waals surface area contributed by atoms with Gasteiger partial charge in [0.2, 0.25) is 6.71 Å². The Hall–Kier alpha value is -7.92. The fourth-order valence-corrected chi connectivity index (χ4v) is 21.5. The molecule has 0 bridgehead atoms. The summed E-state index contributed by atoms with van der Waals surface area (Å²) in [5, 5.41) is 4.40. The summed E-state index contributed by atoms with van der Waals surface area (Å²) in [6.07, 6.45) is 7.33. The van der Waals surface area contributed by atoms with Crippen LogP contribution < -0.4 is 30.8 Å². The lowest BCUT2D eigenvalue weighted by atomic mass is 9.28. The molecule has 94 heavy (non-hydrogen) atoms. The molecule has 0 spiro atoms. The standard InChI is InChI=1S/C90H97BN2Si/c1-83(2,3)60-37-35-58(36-38-60)69-52-59-51-65(93-75-48-45-67(56-74(75)89(17)49-27-28-50-90(89,93)18)94(66-31-23-20-24-32-66)77-34-26-25-33-68(77)57-29-21-19-22-30-57)55-76-79(59)91(81-78(69)70-53-62(85(7,8)9)41-46-72(70)87(81,13)14)82-80(92(76)64-43-39-61(40-44-64)84(4,5)6)71-54-63(86(10,11)12)42-47-73(71)88(82,15)16/h19-26,29-48,51-56,94H,27-28,49-50H2,1-18H3. The first-order valence-corrected chi connectivity index (χ1v) is 37.0. The molecule has 9 aromatic rings. The lowest BCUT2D eigenvalue weighted by Crippen LogP contribution is -2.55. The third-order valence-electron chi connectivity index (χ3n) is 23.9. The molecular weight excluding hydrogens is 1150 g/mol. The van der Waals surface area contributed by atoms with Gasteiger partial charge in [0.25, 0.3) is 0 Å². The number of anilines is 4. The third-order valence-corrected chi connectivity index (χ3v) is 27.1. The van der Waals surface area contributed by atoms with Crippen LogP contribution in [0.5, 0.6) is 0 Å². The van der Waals surface area contributed by atoms with Crippen LogP contribution in [0.3, 0.4) is 0 Å². The molecule has 15 rings (SSSR count). The van der Waals surface area contributed by atoms with E-state index < -0.39 is 8.80 Å². The molecule has 9 aromatic carbocycles. The Morgan fingerprint density at radius 2 is 0.957 bits per heavy atom. The van der Waals surface area contributed by atoms with Crippen LogP contribution >= 0.6 is 0 Å². The molecule has 0 radical (unpaired) electrons. The Bertz CT molecular complexity index is 4660. The van der Waals surface area contributed by atoms with Crippen molar-refractivity contribution in [1.29, 1.82) is 0 Å². The molecule has 0 aromatic heterocycles. The minimum absolute atomic E-state index is 0.00570. The predicted molar refractivity (Wildman–Crippen MR) is 409 cm³/mol. The molecule has 3 unspecified atom stereocenters. The summed E-state index contributed by atoms with van der Waals surface area (Å²) in [6, 6.07) is 79.9. The van der Waals surface area contributed by atoms with Crippen LogP contribution in [0.15, 0.2) is 211 Å². The number of allylic oxidation sites excluding steroid dienone is 4. The van der Waals surface area contributed by atoms with Gasteiger partial charge in [0.1, 0.15) is 8.80 Å². The Labute approximate surface area is 565 Å². The van der Waals surface area contributed by atoms with E-state index in [9.17, 15) is 0 Å². The Morgan fingerprint density at radius 3 is 1.59 bits per heavy atom. The van der Waals surface area contributed by atoms with Crippen molar-refractivity contribution in [3.05, 3.63) is 272 Å². The molecule has 2 nitrogen and oxygen atoms in total. The average Bonchev–Trinajstić information content (AvgIpc) is 1.50. The number of hydrogen-bond donors (Lipinski definition) is 0. The summed E-state index contributed by atoms with van der Waals surface area (Å²) < 4.78 is 0. The normalized spacial score (nSPS) is 20.4. The van der Waals surface area contributed by atoms with Gasteiger partial charge >= 0.3 is 0 Å². The minimum atomic E-state index is -2.06. The molecule has 0 N–H and O–H groups in total. The lowest BCUT2D eigenvalue weighted by Gasteiger charge is -2.51. The van der Waals surface area contributed by atoms with Crippen LogP contribution in [0.25, 0.3) is 34.0 Å². The van der Waals surface area contributed by atoms with Crippen LogP contribution in [-0.4, -0.2) is 21.0 Å². The van der Waals surface area contributed by atoms with Crippen molar-refractivity contribution >= 4 is 82.2 Å². The summed E-state index contributed by atoms with van der Waals surface area (Å²) in [6.45, 7) is 43.9. The highest BCUT2D eigenvalue weighted by Crippen LogP contribution is 2.65. The number of nitrogens with zero attached hydrogens (tertiary/aromatic N) is 2. The molecule has 0 amide bonds. The van der Waals surface area contributed by atoms with Gasteiger partial charge in [-0.1, -0.05) is 316 Å². The summed E-state index contributed by atoms with van der Waals surface area (Å²) in [4.78, 5) is 5.68. The predicted octanol–water partition coefficient (Wildman–Crippen LogP) is 20.5. The van der Waals surface area contributed by atoms with Gasteiger partial charge in [-0.05, 0) is 172 Å². The van der Waals surface area contributed by atoms with E-state index >= 15 is 0 Å². The highest BCUT2D eigenvalue weighted by Gasteiger charge is 2.60. The van der Waals surface area contributed by atoms with E-state index in [2.05, 4.69) is 341 Å². The summed E-state index contributed by atoms with van der Waals surface area (Å²) >= 11 is 0. The molecule has 4 heteroatoms. The maximum atomic E-state index is 2.90. The molecular formula is C90H97BN2Si. The van der Waals surface area contributed by atoms with Gasteiger partial charge in [-0.2, -0.15) is 0 Å². The SMILES string of the molecule is CC(C)(C)c1ccc(C2=Cc3cc(N4c5ccc([SiH](c6ccccc6)c6ccccc6-c6ccccc6)cc5C5(C)CCCCC45C)cc4c3B(C3=C2c2cc(C(C)(C)C)ccc2C3(C)C)C2=C(c3cc(C(C)(C)C)ccc3C2(C)C)N4c2ccc(C(C)(C)C)cc2)cc1. The second-order valence-corrected chi connectivity index (χ2v) is 37.3. The first kappa shape index (κ1) is 62.2. The maximum absolute atomic E-state index is 2.90. The van der Waals surface area contributed by atoms with Crippen molar-refractivity contribution in [2.75, 3.05) is 9.80 Å². The average molecular weight is 1250 g/mol. The summed E-state index contributed by atoms with van der Waals surface area (Å²) in [7, 11) is -2.06. The van der Waals surface area contributed by atoms with E-state index in [1.165, 1.54) is 157 Å². The van der Waals surface area contributed by atoms with Crippen LogP contribution in [0.1, 0.15) is 212 Å². The zero-order valence-corrected chi connectivity index (χ0v) is 60.7. The van der Waals surface area contributed by atoms with Gasteiger partial charge in [0.05, 0.1) is 5.54 Å². The molecule has 3 heterocycles. The van der Waals surface area contributed by atoms with Crippen LogP contribution in [-0.2, 0) is 37.9 Å². The van der Waals surface area contributed by atoms with E-state index in [0.29, 0.717) is 0 Å². The number of rotatable bonds is 7. The van der Waals surface area contributed by atoms with Gasteiger partial charge in [-0.15, -0.1) is 0 Å². The van der Waals surface area contributed by atoms with Crippen molar-refractivity contribution < 1.29 is 0 Å².